The highest BCUT2D eigenvalue weighted by Crippen LogP contribution is 2.20. The normalized spacial score (nSPS) is 11.4. The van der Waals surface area contributed by atoms with E-state index in [1.54, 1.807) is 24.3 Å². The summed E-state index contributed by atoms with van der Waals surface area (Å²) in [4.78, 5) is 38.2. The summed E-state index contributed by atoms with van der Waals surface area (Å²) in [6.07, 6.45) is -0.0739. The Labute approximate surface area is 197 Å². The number of aromatic nitrogens is 2. The molecule has 0 unspecified atom stereocenters. The van der Waals surface area contributed by atoms with E-state index in [1.807, 2.05) is 0 Å². The van der Waals surface area contributed by atoms with E-state index in [1.165, 1.54) is 28.8 Å². The van der Waals surface area contributed by atoms with Crippen molar-refractivity contribution in [3.8, 4) is 0 Å². The van der Waals surface area contributed by atoms with Gasteiger partial charge in [0, 0.05) is 30.4 Å². The standard InChI is InChI=1S/C23H18F2N4O5S/c24-14-11-15(25)13-18(12-14)35(33,34)28-17-7-5-16(6-8-17)26-21(30)9-10-29-20-4-2-1-3-19(20)22(31)27-23(29)32/h1-8,11-13,28H,9-10H2,(H,26,30)(H,27,31,32). The lowest BCUT2D eigenvalue weighted by Crippen LogP contribution is -2.31. The van der Waals surface area contributed by atoms with E-state index in [9.17, 15) is 31.6 Å². The van der Waals surface area contributed by atoms with Crippen molar-refractivity contribution in [1.82, 2.24) is 9.55 Å². The molecule has 3 N–H and O–H groups in total. The molecule has 180 valence electrons. The van der Waals surface area contributed by atoms with Gasteiger partial charge in [-0.05, 0) is 48.5 Å². The minimum Gasteiger partial charge on any atom is -0.326 e. The Balaban J connectivity index is 1.41. The highest BCUT2D eigenvalue weighted by atomic mass is 32.2. The molecule has 4 aromatic rings. The van der Waals surface area contributed by atoms with Crippen molar-refractivity contribution in [2.75, 3.05) is 10.0 Å². The summed E-state index contributed by atoms with van der Waals surface area (Å²) in [5.74, 6) is -2.48. The fourth-order valence-corrected chi connectivity index (χ4v) is 4.52. The lowest BCUT2D eigenvalue weighted by molar-refractivity contribution is -0.116. The molecule has 0 aliphatic carbocycles. The number of nitrogens with one attached hydrogen (secondary N) is 3. The van der Waals surface area contributed by atoms with Gasteiger partial charge in [-0.25, -0.2) is 22.0 Å². The van der Waals surface area contributed by atoms with Crippen molar-refractivity contribution in [2.45, 2.75) is 17.9 Å². The molecule has 35 heavy (non-hydrogen) atoms. The molecule has 12 heteroatoms. The molecule has 1 amide bonds. The van der Waals surface area contributed by atoms with Crippen LogP contribution in [-0.2, 0) is 21.4 Å². The van der Waals surface area contributed by atoms with Gasteiger partial charge in [-0.15, -0.1) is 0 Å². The number of benzene rings is 3. The van der Waals surface area contributed by atoms with Crippen LogP contribution >= 0.6 is 0 Å². The number of H-pyrrole nitrogens is 1. The summed E-state index contributed by atoms with van der Waals surface area (Å²) in [5.41, 5.74) is -0.267. The predicted molar refractivity (Wildman–Crippen MR) is 126 cm³/mol. The quantitative estimate of drug-likeness (QED) is 0.359. The zero-order chi connectivity index (χ0) is 25.2. The van der Waals surface area contributed by atoms with Gasteiger partial charge >= 0.3 is 5.69 Å². The van der Waals surface area contributed by atoms with Crippen LogP contribution in [0.15, 0.2) is 81.2 Å². The number of halogens is 2. The zero-order valence-electron chi connectivity index (χ0n) is 17.9. The predicted octanol–water partition coefficient (Wildman–Crippen LogP) is 2.80. The van der Waals surface area contributed by atoms with Crippen LogP contribution in [0.3, 0.4) is 0 Å². The number of nitrogens with zero attached hydrogens (tertiary/aromatic N) is 1. The average molecular weight is 500 g/mol. The summed E-state index contributed by atoms with van der Waals surface area (Å²) in [6.45, 7) is 0.0179. The summed E-state index contributed by atoms with van der Waals surface area (Å²) in [7, 11) is -4.23. The molecule has 0 saturated heterocycles. The van der Waals surface area contributed by atoms with E-state index >= 15 is 0 Å². The van der Waals surface area contributed by atoms with Crippen LogP contribution in [0.5, 0.6) is 0 Å². The van der Waals surface area contributed by atoms with Crippen molar-refractivity contribution in [2.24, 2.45) is 0 Å². The number of amides is 1. The minimum absolute atomic E-state index is 0.0179. The summed E-state index contributed by atoms with van der Waals surface area (Å²) in [5, 5.41) is 2.95. The molecule has 3 aromatic carbocycles. The smallest absolute Gasteiger partial charge is 0.326 e. The fraction of sp³-hybridized carbons (Fsp3) is 0.0870. The molecule has 0 radical (unpaired) electrons. The molecule has 4 rings (SSSR count). The van der Waals surface area contributed by atoms with Crippen molar-refractivity contribution in [3.63, 3.8) is 0 Å². The molecule has 0 atom stereocenters. The number of carbonyl (C=O) groups is 1. The summed E-state index contributed by atoms with van der Waals surface area (Å²) >= 11 is 0. The molecule has 1 heterocycles. The van der Waals surface area contributed by atoms with Gasteiger partial charge < -0.3 is 5.32 Å². The molecular weight excluding hydrogens is 482 g/mol. The number of aromatic amines is 1. The van der Waals surface area contributed by atoms with E-state index in [0.717, 1.165) is 0 Å². The monoisotopic (exact) mass is 500 g/mol. The minimum atomic E-state index is -4.23. The van der Waals surface area contributed by atoms with Crippen molar-refractivity contribution >= 4 is 38.2 Å². The molecule has 0 bridgehead atoms. The summed E-state index contributed by atoms with van der Waals surface area (Å²) < 4.78 is 54.9. The molecular formula is C23H18F2N4O5S. The first-order valence-corrected chi connectivity index (χ1v) is 11.7. The first kappa shape index (κ1) is 23.8. The van der Waals surface area contributed by atoms with Gasteiger partial charge in [0.15, 0.2) is 0 Å². The molecule has 0 fully saturated rings. The third-order valence-corrected chi connectivity index (χ3v) is 6.40. The van der Waals surface area contributed by atoms with Crippen molar-refractivity contribution in [1.29, 1.82) is 0 Å². The highest BCUT2D eigenvalue weighted by molar-refractivity contribution is 7.92. The topological polar surface area (TPSA) is 130 Å². The second-order valence-electron chi connectivity index (χ2n) is 7.51. The zero-order valence-corrected chi connectivity index (χ0v) is 18.7. The largest absolute Gasteiger partial charge is 0.328 e. The fourth-order valence-electron chi connectivity index (χ4n) is 3.42. The van der Waals surface area contributed by atoms with Gasteiger partial charge in [0.2, 0.25) is 5.91 Å². The van der Waals surface area contributed by atoms with Crippen LogP contribution in [0, 0.1) is 11.6 Å². The van der Waals surface area contributed by atoms with Crippen LogP contribution in [0.2, 0.25) is 0 Å². The number of anilines is 2. The first-order chi connectivity index (χ1) is 16.6. The number of sulfonamides is 1. The number of fused-ring (bicyclic) bond motifs is 1. The molecule has 0 spiro atoms. The lowest BCUT2D eigenvalue weighted by Gasteiger charge is -2.11. The van der Waals surface area contributed by atoms with Crippen LogP contribution in [0.25, 0.3) is 10.9 Å². The van der Waals surface area contributed by atoms with Gasteiger partial charge in [-0.2, -0.15) is 0 Å². The number of aryl methyl sites for hydroxylation is 1. The molecule has 0 aliphatic rings. The Morgan fingerprint density at radius 2 is 1.54 bits per heavy atom. The van der Waals surface area contributed by atoms with E-state index in [-0.39, 0.29) is 18.7 Å². The van der Waals surface area contributed by atoms with Crippen LogP contribution < -0.4 is 21.3 Å². The molecule has 9 nitrogen and oxygen atoms in total. The maximum absolute atomic E-state index is 13.4. The summed E-state index contributed by atoms with van der Waals surface area (Å²) in [6, 6.07) is 14.1. The van der Waals surface area contributed by atoms with Crippen molar-refractivity contribution < 1.29 is 22.0 Å². The Kier molecular flexibility index (Phi) is 6.47. The number of rotatable bonds is 7. The Morgan fingerprint density at radius 3 is 2.23 bits per heavy atom. The van der Waals surface area contributed by atoms with Gasteiger partial charge in [0.25, 0.3) is 15.6 Å². The molecule has 0 aliphatic heterocycles. The van der Waals surface area contributed by atoms with E-state index in [0.29, 0.717) is 34.8 Å². The maximum Gasteiger partial charge on any atom is 0.328 e. The van der Waals surface area contributed by atoms with Crippen LogP contribution in [0.1, 0.15) is 6.42 Å². The van der Waals surface area contributed by atoms with Gasteiger partial charge in [-0.3, -0.25) is 23.9 Å². The van der Waals surface area contributed by atoms with Gasteiger partial charge in [0.05, 0.1) is 15.8 Å². The van der Waals surface area contributed by atoms with E-state index in [2.05, 4.69) is 15.0 Å². The SMILES string of the molecule is O=C(CCn1c(=O)[nH]c(=O)c2ccccc21)Nc1ccc(NS(=O)(=O)c2cc(F)cc(F)c2)cc1. The van der Waals surface area contributed by atoms with Crippen LogP contribution in [-0.4, -0.2) is 23.9 Å². The van der Waals surface area contributed by atoms with Gasteiger partial charge in [0.1, 0.15) is 11.6 Å². The second-order valence-corrected chi connectivity index (χ2v) is 9.20. The maximum atomic E-state index is 13.4. The lowest BCUT2D eigenvalue weighted by atomic mass is 10.2. The average Bonchev–Trinajstić information content (AvgIpc) is 2.79. The number of hydrogen-bond donors (Lipinski definition) is 3. The molecule has 0 saturated carbocycles. The van der Waals surface area contributed by atoms with Gasteiger partial charge in [-0.1, -0.05) is 12.1 Å². The Hall–Kier alpha value is -4.32. The number of carbonyl (C=O) groups excluding carboxylic acids is 1. The third-order valence-electron chi connectivity index (χ3n) is 5.03. The highest BCUT2D eigenvalue weighted by Gasteiger charge is 2.17. The van der Waals surface area contributed by atoms with E-state index < -0.39 is 43.7 Å². The molecule has 1 aromatic heterocycles. The third kappa shape index (κ3) is 5.44. The first-order valence-electron chi connectivity index (χ1n) is 10.2. The number of hydrogen-bond acceptors (Lipinski definition) is 5. The van der Waals surface area contributed by atoms with E-state index in [4.69, 9.17) is 0 Å². The number of para-hydroxylation sites is 1. The van der Waals surface area contributed by atoms with Crippen LogP contribution in [0.4, 0.5) is 20.2 Å². The van der Waals surface area contributed by atoms with Crippen molar-refractivity contribution in [3.05, 3.63) is 99.2 Å². The second kappa shape index (κ2) is 9.50. The Morgan fingerprint density at radius 1 is 0.914 bits per heavy atom. The Bertz CT molecular complexity index is 1630.